The van der Waals surface area contributed by atoms with Crippen LogP contribution >= 0.6 is 0 Å². The second-order valence-electron chi connectivity index (χ2n) is 6.45. The summed E-state index contributed by atoms with van der Waals surface area (Å²) in [6.45, 7) is 4.42. The number of rotatable bonds is 6. The lowest BCUT2D eigenvalue weighted by molar-refractivity contribution is 0.173. The van der Waals surface area contributed by atoms with E-state index in [1.165, 1.54) is 0 Å². The molecule has 0 bridgehead atoms. The molecule has 0 spiro atoms. The van der Waals surface area contributed by atoms with Gasteiger partial charge >= 0.3 is 6.03 Å². The van der Waals surface area contributed by atoms with Crippen molar-refractivity contribution in [1.82, 2.24) is 10.2 Å². The molecule has 2 amide bonds. The number of hydrogen-bond donors (Lipinski definition) is 1. The fourth-order valence-electron chi connectivity index (χ4n) is 3.16. The molecule has 1 N–H and O–H groups in total. The lowest BCUT2D eigenvalue weighted by Crippen LogP contribution is -2.42. The number of carbonyl (C=O) groups excluding carboxylic acids is 1. The van der Waals surface area contributed by atoms with Crippen LogP contribution in [0.1, 0.15) is 38.2 Å². The Morgan fingerprint density at radius 2 is 2.17 bits per heavy atom. The Balaban J connectivity index is 1.68. The van der Waals surface area contributed by atoms with Crippen LogP contribution in [0.5, 0.6) is 11.5 Å². The minimum absolute atomic E-state index is 0.0177. The van der Waals surface area contributed by atoms with Crippen molar-refractivity contribution < 1.29 is 14.3 Å². The molecule has 1 aromatic carbocycles. The topological polar surface area (TPSA) is 50.8 Å². The highest BCUT2D eigenvalue weighted by molar-refractivity contribution is 5.74. The van der Waals surface area contributed by atoms with Gasteiger partial charge in [0, 0.05) is 19.6 Å². The number of fused-ring (bicyclic) bond motifs is 1. The standard InChI is InChI=1S/C19H26N2O3/c1-2-10-20-19(22)21(12-15-6-4-3-5-7-15)13-16-8-9-17-18(11-16)24-14-23-17/h3-4,8-9,11,15H,2,5-7,10,12-14H2,1H3,(H,20,22)/t15-/m1/s1. The lowest BCUT2D eigenvalue weighted by atomic mass is 9.94. The van der Waals surface area contributed by atoms with Gasteiger partial charge in [0.2, 0.25) is 6.79 Å². The zero-order valence-electron chi connectivity index (χ0n) is 14.3. The van der Waals surface area contributed by atoms with Gasteiger partial charge in [0.25, 0.3) is 0 Å². The molecule has 0 fully saturated rings. The molecule has 1 atom stereocenters. The van der Waals surface area contributed by atoms with Crippen molar-refractivity contribution in [3.05, 3.63) is 35.9 Å². The average molecular weight is 330 g/mol. The highest BCUT2D eigenvalue weighted by atomic mass is 16.7. The van der Waals surface area contributed by atoms with Crippen LogP contribution < -0.4 is 14.8 Å². The number of amides is 2. The third-order valence-electron chi connectivity index (χ3n) is 4.48. The highest BCUT2D eigenvalue weighted by Gasteiger charge is 2.21. The predicted octanol–water partition coefficient (Wildman–Crippen LogP) is 3.69. The second kappa shape index (κ2) is 8.08. The summed E-state index contributed by atoms with van der Waals surface area (Å²) in [5.74, 6) is 2.08. The summed E-state index contributed by atoms with van der Waals surface area (Å²) >= 11 is 0. The van der Waals surface area contributed by atoms with Crippen LogP contribution in [0.3, 0.4) is 0 Å². The minimum atomic E-state index is 0.0177. The molecular weight excluding hydrogens is 304 g/mol. The highest BCUT2D eigenvalue weighted by Crippen LogP contribution is 2.33. The quantitative estimate of drug-likeness (QED) is 0.809. The molecule has 1 heterocycles. The zero-order chi connectivity index (χ0) is 16.8. The van der Waals surface area contributed by atoms with E-state index < -0.39 is 0 Å². The third kappa shape index (κ3) is 4.22. The maximum absolute atomic E-state index is 12.6. The first-order chi connectivity index (χ1) is 11.8. The van der Waals surface area contributed by atoms with E-state index in [0.29, 0.717) is 19.0 Å². The van der Waals surface area contributed by atoms with Gasteiger partial charge in [-0.25, -0.2) is 4.79 Å². The molecule has 130 valence electrons. The Morgan fingerprint density at radius 3 is 2.96 bits per heavy atom. The number of benzene rings is 1. The van der Waals surface area contributed by atoms with Gasteiger partial charge in [0.1, 0.15) is 0 Å². The van der Waals surface area contributed by atoms with Crippen LogP contribution in [0.2, 0.25) is 0 Å². The SMILES string of the molecule is CCCNC(=O)N(Cc1ccc2c(c1)OCO2)C[C@@H]1CC=CCC1. The molecule has 0 radical (unpaired) electrons. The third-order valence-corrected chi connectivity index (χ3v) is 4.48. The summed E-state index contributed by atoms with van der Waals surface area (Å²) in [5, 5.41) is 3.01. The fraction of sp³-hybridized carbons (Fsp3) is 0.526. The Bertz CT molecular complexity index is 600. The van der Waals surface area contributed by atoms with Crippen molar-refractivity contribution in [1.29, 1.82) is 0 Å². The number of urea groups is 1. The van der Waals surface area contributed by atoms with E-state index in [0.717, 1.165) is 49.3 Å². The Labute approximate surface area is 143 Å². The average Bonchev–Trinajstić information content (AvgIpc) is 3.07. The number of carbonyl (C=O) groups is 1. The summed E-state index contributed by atoms with van der Waals surface area (Å²) in [7, 11) is 0. The van der Waals surface area contributed by atoms with Gasteiger partial charge in [-0.1, -0.05) is 25.1 Å². The van der Waals surface area contributed by atoms with Gasteiger partial charge in [-0.3, -0.25) is 0 Å². The van der Waals surface area contributed by atoms with E-state index >= 15 is 0 Å². The number of hydrogen-bond acceptors (Lipinski definition) is 3. The molecule has 2 aliphatic rings. The number of nitrogens with one attached hydrogen (secondary N) is 1. The normalized spacial score (nSPS) is 18.5. The van der Waals surface area contributed by atoms with Crippen LogP contribution in [0, 0.1) is 5.92 Å². The molecular formula is C19H26N2O3. The van der Waals surface area contributed by atoms with Gasteiger partial charge in [0.05, 0.1) is 0 Å². The van der Waals surface area contributed by atoms with Gasteiger partial charge in [-0.2, -0.15) is 0 Å². The van der Waals surface area contributed by atoms with E-state index in [1.807, 2.05) is 23.1 Å². The van der Waals surface area contributed by atoms with E-state index in [1.54, 1.807) is 0 Å². The molecule has 0 unspecified atom stereocenters. The summed E-state index contributed by atoms with van der Waals surface area (Å²) in [4.78, 5) is 14.5. The Morgan fingerprint density at radius 1 is 1.29 bits per heavy atom. The molecule has 0 saturated carbocycles. The molecule has 5 heteroatoms. The first-order valence-corrected chi connectivity index (χ1v) is 8.82. The number of allylic oxidation sites excluding steroid dienone is 2. The lowest BCUT2D eigenvalue weighted by Gasteiger charge is -2.28. The number of nitrogens with zero attached hydrogens (tertiary/aromatic N) is 1. The van der Waals surface area contributed by atoms with Crippen molar-refractivity contribution in [3.8, 4) is 11.5 Å². The maximum atomic E-state index is 12.6. The second-order valence-corrected chi connectivity index (χ2v) is 6.45. The van der Waals surface area contributed by atoms with Crippen LogP contribution in [-0.2, 0) is 6.54 Å². The van der Waals surface area contributed by atoms with Crippen LogP contribution in [0.15, 0.2) is 30.4 Å². The van der Waals surface area contributed by atoms with Crippen molar-refractivity contribution >= 4 is 6.03 Å². The molecule has 5 nitrogen and oxygen atoms in total. The summed E-state index contributed by atoms with van der Waals surface area (Å²) in [6.07, 6.45) is 8.72. The maximum Gasteiger partial charge on any atom is 0.317 e. The first-order valence-electron chi connectivity index (χ1n) is 8.82. The Kier molecular flexibility index (Phi) is 5.62. The smallest absolute Gasteiger partial charge is 0.317 e. The van der Waals surface area contributed by atoms with Crippen molar-refractivity contribution in [2.45, 2.75) is 39.2 Å². The summed E-state index contributed by atoms with van der Waals surface area (Å²) < 4.78 is 10.8. The fourth-order valence-corrected chi connectivity index (χ4v) is 3.16. The largest absolute Gasteiger partial charge is 0.454 e. The predicted molar refractivity (Wildman–Crippen MR) is 93.1 cm³/mol. The van der Waals surface area contributed by atoms with E-state index in [9.17, 15) is 4.79 Å². The van der Waals surface area contributed by atoms with Gasteiger partial charge in [0.15, 0.2) is 11.5 Å². The zero-order valence-corrected chi connectivity index (χ0v) is 14.3. The van der Waals surface area contributed by atoms with E-state index in [4.69, 9.17) is 9.47 Å². The number of ether oxygens (including phenoxy) is 2. The van der Waals surface area contributed by atoms with Gasteiger partial charge in [-0.15, -0.1) is 0 Å². The van der Waals surface area contributed by atoms with Crippen LogP contribution in [-0.4, -0.2) is 30.8 Å². The van der Waals surface area contributed by atoms with Crippen molar-refractivity contribution in [2.24, 2.45) is 5.92 Å². The van der Waals surface area contributed by atoms with Crippen LogP contribution in [0.4, 0.5) is 4.79 Å². The molecule has 0 aromatic heterocycles. The van der Waals surface area contributed by atoms with Gasteiger partial charge < -0.3 is 19.7 Å². The van der Waals surface area contributed by atoms with Crippen LogP contribution in [0.25, 0.3) is 0 Å². The Hall–Kier alpha value is -2.17. The molecule has 0 saturated heterocycles. The van der Waals surface area contributed by atoms with E-state index in [-0.39, 0.29) is 12.8 Å². The molecule has 1 aromatic rings. The molecule has 1 aliphatic carbocycles. The first kappa shape index (κ1) is 16.7. The summed E-state index contributed by atoms with van der Waals surface area (Å²) in [6, 6.07) is 5.92. The monoisotopic (exact) mass is 330 g/mol. The van der Waals surface area contributed by atoms with Gasteiger partial charge in [-0.05, 0) is 49.3 Å². The minimum Gasteiger partial charge on any atom is -0.454 e. The molecule has 1 aliphatic heterocycles. The molecule has 3 rings (SSSR count). The summed E-state index contributed by atoms with van der Waals surface area (Å²) in [5.41, 5.74) is 1.07. The van der Waals surface area contributed by atoms with E-state index in [2.05, 4.69) is 24.4 Å². The molecule has 24 heavy (non-hydrogen) atoms. The van der Waals surface area contributed by atoms with Crippen molar-refractivity contribution in [2.75, 3.05) is 19.9 Å². The van der Waals surface area contributed by atoms with Crippen molar-refractivity contribution in [3.63, 3.8) is 0 Å².